The first-order valence-electron chi connectivity index (χ1n) is 6.80. The Morgan fingerprint density at radius 1 is 1.35 bits per heavy atom. The van der Waals surface area contributed by atoms with Crippen LogP contribution in [-0.4, -0.2) is 28.8 Å². The fraction of sp³-hybridized carbons (Fsp3) is 0.571. The summed E-state index contributed by atoms with van der Waals surface area (Å²) in [5.41, 5.74) is 0. The van der Waals surface area contributed by atoms with Crippen LogP contribution in [0.25, 0.3) is 0 Å². The molecule has 2 N–H and O–H groups in total. The van der Waals surface area contributed by atoms with Gasteiger partial charge in [0.15, 0.2) is 5.09 Å². The number of nitrogens with one attached hydrogen (secondary N) is 1. The smallest absolute Gasteiger partial charge is 0.371 e. The van der Waals surface area contributed by atoms with Gasteiger partial charge in [0.05, 0.1) is 5.75 Å². The molecule has 1 saturated carbocycles. The topological polar surface area (TPSA) is 79.5 Å². The van der Waals surface area contributed by atoms with E-state index in [0.717, 1.165) is 31.6 Å². The molecular weight excluding hydrogens is 278 g/mol. The Kier molecular flexibility index (Phi) is 5.11. The highest BCUT2D eigenvalue weighted by Gasteiger charge is 2.20. The van der Waals surface area contributed by atoms with Gasteiger partial charge in [0.25, 0.3) is 0 Å². The molecule has 2 rings (SSSR count). The molecule has 0 aliphatic heterocycles. The van der Waals surface area contributed by atoms with Gasteiger partial charge in [-0.2, -0.15) is 0 Å². The van der Waals surface area contributed by atoms with Crippen LogP contribution in [0.2, 0.25) is 0 Å². The highest BCUT2D eigenvalue weighted by molar-refractivity contribution is 7.99. The van der Waals surface area contributed by atoms with Crippen LogP contribution < -0.4 is 5.32 Å². The van der Waals surface area contributed by atoms with E-state index in [4.69, 9.17) is 9.52 Å². The van der Waals surface area contributed by atoms with E-state index in [2.05, 4.69) is 12.2 Å². The lowest BCUT2D eigenvalue weighted by atomic mass is 9.87. The molecule has 1 fully saturated rings. The summed E-state index contributed by atoms with van der Waals surface area (Å²) in [4.78, 5) is 22.5. The van der Waals surface area contributed by atoms with Crippen molar-refractivity contribution in [1.82, 2.24) is 5.32 Å². The maximum Gasteiger partial charge on any atom is 0.371 e. The Morgan fingerprint density at radius 2 is 2.05 bits per heavy atom. The van der Waals surface area contributed by atoms with Crippen LogP contribution in [-0.2, 0) is 4.79 Å². The third kappa shape index (κ3) is 4.30. The van der Waals surface area contributed by atoms with E-state index in [1.807, 2.05) is 0 Å². The summed E-state index contributed by atoms with van der Waals surface area (Å²) in [6.45, 7) is 2.24. The van der Waals surface area contributed by atoms with Gasteiger partial charge < -0.3 is 14.8 Å². The van der Waals surface area contributed by atoms with Gasteiger partial charge >= 0.3 is 5.97 Å². The highest BCUT2D eigenvalue weighted by Crippen LogP contribution is 2.24. The summed E-state index contributed by atoms with van der Waals surface area (Å²) >= 11 is 1.21. The Morgan fingerprint density at radius 3 is 2.65 bits per heavy atom. The summed E-state index contributed by atoms with van der Waals surface area (Å²) in [5.74, 6) is -0.219. The van der Waals surface area contributed by atoms with E-state index in [0.29, 0.717) is 5.09 Å². The monoisotopic (exact) mass is 297 g/mol. The van der Waals surface area contributed by atoms with Crippen LogP contribution in [0, 0.1) is 5.92 Å². The predicted octanol–water partition coefficient (Wildman–Crippen LogP) is 2.76. The van der Waals surface area contributed by atoms with Crippen LogP contribution >= 0.6 is 11.8 Å². The third-order valence-corrected chi connectivity index (χ3v) is 4.43. The van der Waals surface area contributed by atoms with Gasteiger partial charge in [-0.1, -0.05) is 18.7 Å². The summed E-state index contributed by atoms with van der Waals surface area (Å²) in [7, 11) is 0. The lowest BCUT2D eigenvalue weighted by molar-refractivity contribution is -0.119. The Hall–Kier alpha value is -1.43. The number of hydrogen-bond acceptors (Lipinski definition) is 4. The average molecular weight is 297 g/mol. The van der Waals surface area contributed by atoms with Crippen molar-refractivity contribution in [2.45, 2.75) is 43.7 Å². The Labute approximate surface area is 122 Å². The number of carbonyl (C=O) groups excluding carboxylic acids is 1. The molecule has 0 saturated heterocycles. The van der Waals surface area contributed by atoms with Gasteiger partial charge in [0.1, 0.15) is 0 Å². The van der Waals surface area contributed by atoms with Gasteiger partial charge in [0, 0.05) is 6.04 Å². The second kappa shape index (κ2) is 6.83. The SMILES string of the molecule is CC1CCC(NC(=O)CSc2ccc(C(=O)O)o2)CC1. The maximum atomic E-state index is 11.8. The fourth-order valence-electron chi connectivity index (χ4n) is 2.32. The molecule has 0 bridgehead atoms. The lowest BCUT2D eigenvalue weighted by Crippen LogP contribution is -2.38. The molecule has 1 aromatic heterocycles. The summed E-state index contributed by atoms with van der Waals surface area (Å²) < 4.78 is 5.08. The van der Waals surface area contributed by atoms with Crippen molar-refractivity contribution in [3.05, 3.63) is 17.9 Å². The molecule has 0 spiro atoms. The molecule has 0 atom stereocenters. The lowest BCUT2D eigenvalue weighted by Gasteiger charge is -2.26. The molecule has 1 heterocycles. The molecule has 20 heavy (non-hydrogen) atoms. The molecule has 1 aliphatic carbocycles. The minimum atomic E-state index is -1.10. The standard InChI is InChI=1S/C14H19NO4S/c1-9-2-4-10(5-3-9)15-12(16)8-20-13-7-6-11(19-13)14(17)18/h6-7,9-10H,2-5,8H2,1H3,(H,15,16)(H,17,18). The van der Waals surface area contributed by atoms with E-state index >= 15 is 0 Å². The van der Waals surface area contributed by atoms with Gasteiger partial charge in [-0.3, -0.25) is 4.79 Å². The zero-order valence-electron chi connectivity index (χ0n) is 11.4. The largest absolute Gasteiger partial charge is 0.475 e. The number of aromatic carboxylic acids is 1. The number of amides is 1. The van der Waals surface area contributed by atoms with Crippen molar-refractivity contribution >= 4 is 23.6 Å². The fourth-order valence-corrected chi connectivity index (χ4v) is 2.99. The van der Waals surface area contributed by atoms with E-state index in [1.165, 1.54) is 17.8 Å². The molecule has 110 valence electrons. The number of carbonyl (C=O) groups is 2. The van der Waals surface area contributed by atoms with E-state index in [1.54, 1.807) is 6.07 Å². The van der Waals surface area contributed by atoms with E-state index in [-0.39, 0.29) is 23.5 Å². The Balaban J connectivity index is 1.73. The molecule has 1 amide bonds. The number of hydrogen-bond donors (Lipinski definition) is 2. The molecule has 1 aliphatic rings. The van der Waals surface area contributed by atoms with Gasteiger partial charge in [0.2, 0.25) is 11.7 Å². The van der Waals surface area contributed by atoms with Crippen molar-refractivity contribution in [3.63, 3.8) is 0 Å². The van der Waals surface area contributed by atoms with Gasteiger partial charge in [-0.25, -0.2) is 4.79 Å². The third-order valence-electron chi connectivity index (χ3n) is 3.52. The second-order valence-electron chi connectivity index (χ2n) is 5.24. The molecule has 5 nitrogen and oxygen atoms in total. The number of rotatable bonds is 5. The summed E-state index contributed by atoms with van der Waals surface area (Å²) in [6.07, 6.45) is 4.42. The van der Waals surface area contributed by atoms with Crippen molar-refractivity contribution in [1.29, 1.82) is 0 Å². The molecular formula is C14H19NO4S. The quantitative estimate of drug-likeness (QED) is 0.817. The molecule has 0 radical (unpaired) electrons. The van der Waals surface area contributed by atoms with Crippen LogP contribution in [0.3, 0.4) is 0 Å². The van der Waals surface area contributed by atoms with E-state index < -0.39 is 5.97 Å². The summed E-state index contributed by atoms with van der Waals surface area (Å²) in [6, 6.07) is 3.25. The van der Waals surface area contributed by atoms with Crippen LogP contribution in [0.4, 0.5) is 0 Å². The highest BCUT2D eigenvalue weighted by atomic mass is 32.2. The molecule has 1 aromatic rings. The van der Waals surface area contributed by atoms with Crippen molar-refractivity contribution in [2.75, 3.05) is 5.75 Å². The van der Waals surface area contributed by atoms with E-state index in [9.17, 15) is 9.59 Å². The zero-order chi connectivity index (χ0) is 14.5. The van der Waals surface area contributed by atoms with Crippen molar-refractivity contribution < 1.29 is 19.1 Å². The number of furan rings is 1. The summed E-state index contributed by atoms with van der Waals surface area (Å²) in [5, 5.41) is 12.2. The normalized spacial score (nSPS) is 22.4. The molecule has 0 aromatic carbocycles. The zero-order valence-corrected chi connectivity index (χ0v) is 12.2. The van der Waals surface area contributed by atoms with Crippen molar-refractivity contribution in [3.8, 4) is 0 Å². The molecule has 0 unspecified atom stereocenters. The molecule has 6 heteroatoms. The first kappa shape index (κ1) is 15.0. The number of thioether (sulfide) groups is 1. The number of carboxylic acid groups (broad SMARTS) is 1. The maximum absolute atomic E-state index is 11.8. The minimum Gasteiger partial charge on any atom is -0.475 e. The van der Waals surface area contributed by atoms with Gasteiger partial charge in [-0.15, -0.1) is 0 Å². The van der Waals surface area contributed by atoms with Gasteiger partial charge in [-0.05, 0) is 43.7 Å². The second-order valence-corrected chi connectivity index (χ2v) is 6.22. The van der Waals surface area contributed by atoms with Crippen LogP contribution in [0.15, 0.2) is 21.6 Å². The first-order chi connectivity index (χ1) is 9.54. The first-order valence-corrected chi connectivity index (χ1v) is 7.78. The Bertz CT molecular complexity index is 477. The number of carboxylic acids is 1. The minimum absolute atomic E-state index is 0.0252. The average Bonchev–Trinajstić information content (AvgIpc) is 2.88. The van der Waals surface area contributed by atoms with Crippen LogP contribution in [0.5, 0.6) is 0 Å². The van der Waals surface area contributed by atoms with Crippen LogP contribution in [0.1, 0.15) is 43.2 Å². The van der Waals surface area contributed by atoms with Crippen molar-refractivity contribution in [2.24, 2.45) is 5.92 Å². The predicted molar refractivity (Wildman–Crippen MR) is 76.0 cm³/mol.